The smallest absolute Gasteiger partial charge is 0.308 e. The van der Waals surface area contributed by atoms with Crippen molar-refractivity contribution in [1.29, 1.82) is 0 Å². The Balaban J connectivity index is 1.65. The molecule has 0 fully saturated rings. The molecule has 0 saturated heterocycles. The molecule has 2 aromatic carbocycles. The van der Waals surface area contributed by atoms with Crippen LogP contribution in [-0.4, -0.2) is 23.0 Å². The van der Waals surface area contributed by atoms with Gasteiger partial charge in [0.15, 0.2) is 0 Å². The van der Waals surface area contributed by atoms with Crippen LogP contribution >= 0.6 is 0 Å². The zero-order chi connectivity index (χ0) is 26.5. The Bertz CT molecular complexity index is 1430. The van der Waals surface area contributed by atoms with Crippen molar-refractivity contribution >= 4 is 5.97 Å². The van der Waals surface area contributed by atoms with Gasteiger partial charge in [-0.2, -0.15) is 0 Å². The van der Waals surface area contributed by atoms with Crippen molar-refractivity contribution in [3.63, 3.8) is 0 Å². The molecule has 0 spiro atoms. The number of aromatic nitrogens is 2. The number of carbonyl (C=O) groups excluding carboxylic acids is 1. The van der Waals surface area contributed by atoms with Crippen LogP contribution in [0.3, 0.4) is 0 Å². The summed E-state index contributed by atoms with van der Waals surface area (Å²) in [5.74, 6) is 0.000584. The number of fused-ring (bicyclic) bond motifs is 6. The number of pyridine rings is 2. The van der Waals surface area contributed by atoms with Crippen LogP contribution in [0, 0.1) is 11.8 Å². The molecule has 38 heavy (non-hydrogen) atoms. The Kier molecular flexibility index (Phi) is 5.94. The number of esters is 1. The van der Waals surface area contributed by atoms with Crippen LogP contribution in [0.2, 0.25) is 0 Å². The van der Waals surface area contributed by atoms with Gasteiger partial charge in [0, 0.05) is 34.4 Å². The molecule has 2 aromatic heterocycles. The molecular formula is C34H34N2O2. The Morgan fingerprint density at radius 3 is 1.68 bits per heavy atom. The molecule has 4 nitrogen and oxygen atoms in total. The standard InChI is InChI=1S/C34H34N2O2/c1-22(2)19-33(26-13-7-5-11-24(26)30-28(33)15-9-17-35-30)21-34(20-23(3)32(37)38-4)27-14-8-6-12-25(27)31-29(34)16-10-18-36-31/h5-18,22-23H,19-21H2,1-4H3. The third-order valence-corrected chi connectivity index (χ3v) is 8.66. The Morgan fingerprint density at radius 2 is 1.18 bits per heavy atom. The van der Waals surface area contributed by atoms with Crippen molar-refractivity contribution in [1.82, 2.24) is 9.97 Å². The zero-order valence-corrected chi connectivity index (χ0v) is 22.6. The Labute approximate surface area is 225 Å². The van der Waals surface area contributed by atoms with Crippen LogP contribution in [0.1, 0.15) is 62.3 Å². The molecule has 0 saturated carbocycles. The summed E-state index contributed by atoms with van der Waals surface area (Å²) in [5.41, 5.74) is 8.88. The summed E-state index contributed by atoms with van der Waals surface area (Å²) >= 11 is 0. The number of hydrogen-bond acceptors (Lipinski definition) is 4. The second-order valence-corrected chi connectivity index (χ2v) is 11.5. The van der Waals surface area contributed by atoms with E-state index in [-0.39, 0.29) is 17.3 Å². The third-order valence-electron chi connectivity index (χ3n) is 8.66. The fourth-order valence-corrected chi connectivity index (χ4v) is 7.50. The lowest BCUT2D eigenvalue weighted by Gasteiger charge is -2.44. The summed E-state index contributed by atoms with van der Waals surface area (Å²) in [4.78, 5) is 22.7. The summed E-state index contributed by atoms with van der Waals surface area (Å²) in [6, 6.07) is 26.0. The first-order valence-electron chi connectivity index (χ1n) is 13.6. The van der Waals surface area contributed by atoms with Crippen LogP contribution in [0.25, 0.3) is 22.5 Å². The summed E-state index contributed by atoms with van der Waals surface area (Å²) in [5, 5.41) is 0. The molecule has 3 unspecified atom stereocenters. The molecule has 0 bridgehead atoms. The Hall–Kier alpha value is -3.79. The van der Waals surface area contributed by atoms with Crippen molar-refractivity contribution in [2.24, 2.45) is 11.8 Å². The van der Waals surface area contributed by atoms with E-state index in [1.54, 1.807) is 0 Å². The van der Waals surface area contributed by atoms with Gasteiger partial charge < -0.3 is 4.74 Å². The molecule has 4 aromatic rings. The molecule has 4 heteroatoms. The average molecular weight is 503 g/mol. The van der Waals surface area contributed by atoms with E-state index in [1.165, 1.54) is 34.9 Å². The minimum absolute atomic E-state index is 0.175. The van der Waals surface area contributed by atoms with E-state index in [0.29, 0.717) is 12.3 Å². The number of benzene rings is 2. The molecule has 6 rings (SSSR count). The molecule has 2 aliphatic carbocycles. The molecule has 0 amide bonds. The SMILES string of the molecule is COC(=O)C(C)CC1(CC2(CC(C)C)c3ccccc3-c3ncccc32)c2ccccc2-c2ncccc21. The lowest BCUT2D eigenvalue weighted by atomic mass is 9.58. The number of rotatable bonds is 7. The maximum atomic E-state index is 12.9. The van der Waals surface area contributed by atoms with E-state index in [1.807, 2.05) is 25.4 Å². The molecule has 2 aliphatic rings. The van der Waals surface area contributed by atoms with E-state index in [0.717, 1.165) is 29.8 Å². The van der Waals surface area contributed by atoms with Crippen molar-refractivity contribution in [3.8, 4) is 22.5 Å². The number of ether oxygens (including phenoxy) is 1. The van der Waals surface area contributed by atoms with Gasteiger partial charge in [0.1, 0.15) is 0 Å². The highest BCUT2D eigenvalue weighted by Gasteiger charge is 2.54. The zero-order valence-electron chi connectivity index (χ0n) is 22.6. The summed E-state index contributed by atoms with van der Waals surface area (Å²) < 4.78 is 5.25. The van der Waals surface area contributed by atoms with E-state index in [9.17, 15) is 4.79 Å². The normalized spacial score (nSPS) is 21.4. The van der Waals surface area contributed by atoms with Gasteiger partial charge in [-0.3, -0.25) is 14.8 Å². The fourth-order valence-electron chi connectivity index (χ4n) is 7.50. The van der Waals surface area contributed by atoms with E-state index >= 15 is 0 Å². The average Bonchev–Trinajstić information content (AvgIpc) is 3.36. The lowest BCUT2D eigenvalue weighted by Crippen LogP contribution is -2.40. The van der Waals surface area contributed by atoms with Gasteiger partial charge in [0.05, 0.1) is 24.4 Å². The monoisotopic (exact) mass is 502 g/mol. The summed E-state index contributed by atoms with van der Waals surface area (Å²) in [6.07, 6.45) is 6.23. The van der Waals surface area contributed by atoms with Gasteiger partial charge in [-0.05, 0) is 59.6 Å². The van der Waals surface area contributed by atoms with Crippen molar-refractivity contribution in [2.75, 3.05) is 7.11 Å². The predicted molar refractivity (Wildman–Crippen MR) is 151 cm³/mol. The maximum absolute atomic E-state index is 12.9. The molecule has 0 aliphatic heterocycles. The molecular weight excluding hydrogens is 468 g/mol. The lowest BCUT2D eigenvalue weighted by molar-refractivity contribution is -0.145. The van der Waals surface area contributed by atoms with Crippen LogP contribution in [-0.2, 0) is 20.4 Å². The highest BCUT2D eigenvalue weighted by atomic mass is 16.5. The molecule has 192 valence electrons. The van der Waals surface area contributed by atoms with Gasteiger partial charge in [-0.15, -0.1) is 0 Å². The predicted octanol–water partition coefficient (Wildman–Crippen LogP) is 7.35. The third kappa shape index (κ3) is 3.53. The van der Waals surface area contributed by atoms with Crippen molar-refractivity contribution in [3.05, 3.63) is 107 Å². The molecule has 2 heterocycles. The topological polar surface area (TPSA) is 52.1 Å². The van der Waals surface area contributed by atoms with Gasteiger partial charge in [0.25, 0.3) is 0 Å². The second kappa shape index (κ2) is 9.20. The molecule has 3 atom stereocenters. The minimum Gasteiger partial charge on any atom is -0.469 e. The van der Waals surface area contributed by atoms with Gasteiger partial charge in [0.2, 0.25) is 0 Å². The maximum Gasteiger partial charge on any atom is 0.308 e. The van der Waals surface area contributed by atoms with Crippen molar-refractivity contribution in [2.45, 2.75) is 50.9 Å². The first-order chi connectivity index (χ1) is 18.4. The molecule has 0 radical (unpaired) electrons. The van der Waals surface area contributed by atoms with Crippen LogP contribution in [0.5, 0.6) is 0 Å². The Morgan fingerprint density at radius 1 is 0.711 bits per heavy atom. The number of nitrogens with zero attached hydrogens (tertiary/aromatic N) is 2. The van der Waals surface area contributed by atoms with Crippen molar-refractivity contribution < 1.29 is 9.53 Å². The first-order valence-corrected chi connectivity index (χ1v) is 13.6. The number of methoxy groups -OCH3 is 1. The van der Waals surface area contributed by atoms with Gasteiger partial charge >= 0.3 is 5.97 Å². The highest BCUT2D eigenvalue weighted by Crippen LogP contribution is 2.62. The molecule has 0 N–H and O–H groups in total. The fraction of sp³-hybridized carbons (Fsp3) is 0.324. The van der Waals surface area contributed by atoms with Crippen LogP contribution in [0.4, 0.5) is 0 Å². The number of hydrogen-bond donors (Lipinski definition) is 0. The second-order valence-electron chi connectivity index (χ2n) is 11.5. The van der Waals surface area contributed by atoms with E-state index in [4.69, 9.17) is 14.7 Å². The summed E-state index contributed by atoms with van der Waals surface area (Å²) in [7, 11) is 1.49. The minimum atomic E-state index is -0.423. The van der Waals surface area contributed by atoms with Gasteiger partial charge in [-0.25, -0.2) is 0 Å². The van der Waals surface area contributed by atoms with Gasteiger partial charge in [-0.1, -0.05) is 81.4 Å². The highest BCUT2D eigenvalue weighted by molar-refractivity contribution is 5.82. The largest absolute Gasteiger partial charge is 0.469 e. The van der Waals surface area contributed by atoms with E-state index in [2.05, 4.69) is 80.6 Å². The summed E-state index contributed by atoms with van der Waals surface area (Å²) in [6.45, 7) is 6.61. The first kappa shape index (κ1) is 24.5. The number of carbonyl (C=O) groups is 1. The van der Waals surface area contributed by atoms with E-state index < -0.39 is 5.41 Å². The van der Waals surface area contributed by atoms with Crippen LogP contribution < -0.4 is 0 Å². The van der Waals surface area contributed by atoms with Crippen LogP contribution in [0.15, 0.2) is 85.2 Å². The quantitative estimate of drug-likeness (QED) is 0.248.